The Labute approximate surface area is 384 Å². The summed E-state index contributed by atoms with van der Waals surface area (Å²) in [6.07, 6.45) is 6.05. The van der Waals surface area contributed by atoms with Crippen molar-refractivity contribution in [1.82, 2.24) is 35.8 Å². The number of nitrogens with zero attached hydrogens (tertiary/aromatic N) is 4. The van der Waals surface area contributed by atoms with Gasteiger partial charge in [-0.05, 0) is 43.9 Å². The molecule has 3 rings (SSSR count). The van der Waals surface area contributed by atoms with Crippen molar-refractivity contribution in [2.24, 2.45) is 23.7 Å². The third-order valence-corrected chi connectivity index (χ3v) is 10.9. The summed E-state index contributed by atoms with van der Waals surface area (Å²) in [4.78, 5) is 62.3. The van der Waals surface area contributed by atoms with Crippen LogP contribution in [0, 0.1) is 23.7 Å². The minimum Gasteiger partial charge on any atom is -0.377 e. The number of hydrogen-bond donors (Lipinski definition) is 3. The Morgan fingerprint density at radius 1 is 0.692 bits per heavy atom. The predicted octanol–water partition coefficient (Wildman–Crippen LogP) is 0.912. The maximum absolute atomic E-state index is 12.8. The fraction of sp³-hybridized carbons (Fsp3) is 0.841. The van der Waals surface area contributed by atoms with Gasteiger partial charge in [0.15, 0.2) is 0 Å². The van der Waals surface area contributed by atoms with Gasteiger partial charge >= 0.3 is 0 Å². The van der Waals surface area contributed by atoms with E-state index in [0.29, 0.717) is 150 Å². The Morgan fingerprint density at radius 3 is 1.69 bits per heavy atom. The molecular weight excluding hydrogens is 851 g/mol. The second-order valence-electron chi connectivity index (χ2n) is 16.4. The predicted molar refractivity (Wildman–Crippen MR) is 235 cm³/mol. The highest BCUT2D eigenvalue weighted by Gasteiger charge is 2.37. The number of amides is 5. The van der Waals surface area contributed by atoms with E-state index in [4.69, 9.17) is 42.6 Å². The highest BCUT2D eigenvalue weighted by Crippen LogP contribution is 2.31. The number of imide groups is 1. The highest BCUT2D eigenvalue weighted by atomic mass is 16.6. The van der Waals surface area contributed by atoms with Gasteiger partial charge in [0.1, 0.15) is 18.9 Å². The lowest BCUT2D eigenvalue weighted by Gasteiger charge is -2.30. The summed E-state index contributed by atoms with van der Waals surface area (Å²) in [7, 11) is 0. The zero-order valence-corrected chi connectivity index (χ0v) is 39.3. The van der Waals surface area contributed by atoms with Gasteiger partial charge in [-0.15, -0.1) is 5.10 Å². The molecule has 0 bridgehead atoms. The molecular formula is C44H77N7O14. The van der Waals surface area contributed by atoms with Crippen LogP contribution in [-0.4, -0.2) is 187 Å². The lowest BCUT2D eigenvalue weighted by atomic mass is 9.81. The van der Waals surface area contributed by atoms with Gasteiger partial charge in [0.05, 0.1) is 125 Å². The van der Waals surface area contributed by atoms with Gasteiger partial charge < -0.3 is 58.6 Å². The summed E-state index contributed by atoms with van der Waals surface area (Å²) >= 11 is 0. The van der Waals surface area contributed by atoms with Crippen LogP contribution in [0.15, 0.2) is 6.20 Å². The Kier molecular flexibility index (Phi) is 29.6. The molecule has 65 heavy (non-hydrogen) atoms. The smallest absolute Gasteiger partial charge is 0.246 e. The molecule has 0 aromatic carbocycles. The Hall–Kier alpha value is -3.67. The first-order chi connectivity index (χ1) is 31.6. The zero-order chi connectivity index (χ0) is 46.9. The number of hydrogen-bond acceptors (Lipinski definition) is 16. The quantitative estimate of drug-likeness (QED) is 0.0615. The molecule has 0 spiro atoms. The molecule has 2 atom stereocenters. The minimum absolute atomic E-state index is 0.00247. The molecule has 3 N–H and O–H groups in total. The molecule has 1 aromatic heterocycles. The van der Waals surface area contributed by atoms with Crippen molar-refractivity contribution in [1.29, 1.82) is 0 Å². The van der Waals surface area contributed by atoms with Crippen LogP contribution in [0.4, 0.5) is 0 Å². The molecule has 1 aliphatic heterocycles. The number of nitrogens with one attached hydrogen (secondary N) is 3. The molecule has 2 unspecified atom stereocenters. The summed E-state index contributed by atoms with van der Waals surface area (Å²) in [5.74, 6) is -0.409. The van der Waals surface area contributed by atoms with Crippen LogP contribution in [0.2, 0.25) is 0 Å². The van der Waals surface area contributed by atoms with Crippen LogP contribution in [0.3, 0.4) is 0 Å². The van der Waals surface area contributed by atoms with E-state index in [-0.39, 0.29) is 66.5 Å². The lowest BCUT2D eigenvalue weighted by molar-refractivity contribution is -0.140. The summed E-state index contributed by atoms with van der Waals surface area (Å²) in [5.41, 5.74) is 0.671. The monoisotopic (exact) mass is 928 g/mol. The van der Waals surface area contributed by atoms with Crippen LogP contribution in [-0.2, 0) is 79.7 Å². The molecule has 21 heteroatoms. The van der Waals surface area contributed by atoms with Crippen molar-refractivity contribution < 1.29 is 66.6 Å². The molecule has 1 aromatic rings. The van der Waals surface area contributed by atoms with Crippen LogP contribution in [0.1, 0.15) is 71.9 Å². The first-order valence-corrected chi connectivity index (χ1v) is 23.3. The van der Waals surface area contributed by atoms with Crippen molar-refractivity contribution in [3.8, 4) is 0 Å². The lowest BCUT2D eigenvalue weighted by Crippen LogP contribution is -2.40. The third-order valence-electron chi connectivity index (χ3n) is 10.9. The van der Waals surface area contributed by atoms with E-state index in [1.807, 2.05) is 20.8 Å². The maximum Gasteiger partial charge on any atom is 0.246 e. The number of carbonyl (C=O) groups excluding carboxylic acids is 5. The normalized spacial score (nSPS) is 18.1. The van der Waals surface area contributed by atoms with E-state index in [2.05, 4.69) is 26.3 Å². The average molecular weight is 928 g/mol. The Morgan fingerprint density at radius 2 is 1.20 bits per heavy atom. The highest BCUT2D eigenvalue weighted by molar-refractivity contribution is 6.03. The van der Waals surface area contributed by atoms with Crippen molar-refractivity contribution in [3.05, 3.63) is 11.9 Å². The summed E-state index contributed by atoms with van der Waals surface area (Å²) < 4.78 is 51.0. The summed E-state index contributed by atoms with van der Waals surface area (Å²) in [5, 5.41) is 16.8. The Bertz CT molecular complexity index is 1480. The topological polar surface area (TPSA) is 238 Å². The molecule has 2 heterocycles. The van der Waals surface area contributed by atoms with E-state index in [1.54, 1.807) is 17.8 Å². The molecule has 2 fully saturated rings. The van der Waals surface area contributed by atoms with E-state index in [9.17, 15) is 24.0 Å². The molecule has 21 nitrogen and oxygen atoms in total. The minimum atomic E-state index is -0.306. The maximum atomic E-state index is 12.8. The number of rotatable bonds is 39. The van der Waals surface area contributed by atoms with Gasteiger partial charge in [-0.25, -0.2) is 4.68 Å². The Balaban J connectivity index is 0.977. The van der Waals surface area contributed by atoms with E-state index in [0.717, 1.165) is 32.1 Å². The fourth-order valence-electron chi connectivity index (χ4n) is 7.09. The van der Waals surface area contributed by atoms with E-state index >= 15 is 0 Å². The number of carbonyl (C=O) groups is 5. The summed E-state index contributed by atoms with van der Waals surface area (Å²) in [6, 6.07) is 0.0922. The molecule has 1 saturated heterocycles. The molecule has 0 radical (unpaired) electrons. The molecule has 2 aliphatic rings. The zero-order valence-electron chi connectivity index (χ0n) is 39.3. The van der Waals surface area contributed by atoms with Crippen LogP contribution in [0.25, 0.3) is 0 Å². The second-order valence-corrected chi connectivity index (χ2v) is 16.4. The van der Waals surface area contributed by atoms with Crippen LogP contribution in [0.5, 0.6) is 0 Å². The van der Waals surface area contributed by atoms with Gasteiger partial charge in [0.2, 0.25) is 29.5 Å². The first kappa shape index (κ1) is 55.7. The van der Waals surface area contributed by atoms with Gasteiger partial charge in [0.25, 0.3) is 0 Å². The van der Waals surface area contributed by atoms with E-state index < -0.39 is 0 Å². The van der Waals surface area contributed by atoms with Crippen molar-refractivity contribution in [2.45, 2.75) is 85.4 Å². The van der Waals surface area contributed by atoms with Crippen molar-refractivity contribution >= 4 is 29.5 Å². The van der Waals surface area contributed by atoms with Crippen LogP contribution < -0.4 is 16.0 Å². The first-order valence-electron chi connectivity index (χ1n) is 23.3. The number of aromatic nitrogens is 3. The van der Waals surface area contributed by atoms with Gasteiger partial charge in [0, 0.05) is 37.4 Å². The third kappa shape index (κ3) is 25.2. The molecule has 1 aliphatic carbocycles. The largest absolute Gasteiger partial charge is 0.377 e. The fourth-order valence-corrected chi connectivity index (χ4v) is 7.09. The van der Waals surface area contributed by atoms with Crippen molar-refractivity contribution in [3.63, 3.8) is 0 Å². The van der Waals surface area contributed by atoms with Gasteiger partial charge in [-0.3, -0.25) is 28.9 Å². The number of ether oxygens (including phenoxy) is 9. The van der Waals surface area contributed by atoms with E-state index in [1.165, 1.54) is 4.90 Å². The van der Waals surface area contributed by atoms with Crippen molar-refractivity contribution in [2.75, 3.05) is 132 Å². The van der Waals surface area contributed by atoms with Gasteiger partial charge in [-0.1, -0.05) is 32.9 Å². The number of likely N-dealkylation sites (tertiary alicyclic amines) is 1. The molecule has 372 valence electrons. The molecule has 1 saturated carbocycles. The SMILES string of the molecule is CCC(NC(=O)COCC(=O)NCCOCCOCCOCCOCCOCCOCCOCCOCCn1cc(CNC(=O)C2CCC(CN3C(=O)CC(C)C3=O)CC2)nn1)C(C)C. The standard InChI is InChI=1S/C44H77N7O14/c1-5-39(34(2)3)47-41(53)33-65-32-40(52)45-10-12-57-14-16-59-18-20-61-22-24-63-26-27-64-25-23-62-21-19-60-17-15-58-13-11-50-31-38(48-49-50)29-46-43(55)37-8-6-36(7-9-37)30-51-42(54)28-35(4)44(51)56/h31,34-37,39H,5-30,32-33H2,1-4H3,(H,45,52)(H,46,55)(H,47,53). The van der Waals surface area contributed by atoms with Crippen LogP contribution >= 0.6 is 0 Å². The average Bonchev–Trinajstić information content (AvgIpc) is 3.85. The summed E-state index contributed by atoms with van der Waals surface area (Å²) in [6.45, 7) is 16.2. The van der Waals surface area contributed by atoms with Gasteiger partial charge in [-0.2, -0.15) is 0 Å². The molecule has 5 amide bonds. The second kappa shape index (κ2) is 34.6.